The van der Waals surface area contributed by atoms with Gasteiger partial charge >= 0.3 is 0 Å². The van der Waals surface area contributed by atoms with E-state index in [1.807, 2.05) is 6.07 Å². The summed E-state index contributed by atoms with van der Waals surface area (Å²) in [6.07, 6.45) is 1.02. The predicted octanol–water partition coefficient (Wildman–Crippen LogP) is 2.03. The van der Waals surface area contributed by atoms with Crippen LogP contribution in [-0.4, -0.2) is 12.0 Å². The summed E-state index contributed by atoms with van der Waals surface area (Å²) in [4.78, 5) is 11.1. The maximum atomic E-state index is 11.1. The highest BCUT2D eigenvalue weighted by atomic mass is 35.5. The molecule has 0 atom stereocenters. The van der Waals surface area contributed by atoms with E-state index in [-0.39, 0.29) is 5.78 Å². The molecule has 0 aliphatic heterocycles. The van der Waals surface area contributed by atoms with Crippen LogP contribution in [0.2, 0.25) is 0 Å². The van der Waals surface area contributed by atoms with Crippen LogP contribution in [0.1, 0.15) is 10.4 Å². The molecule has 0 aliphatic rings. The third kappa shape index (κ3) is 2.36. The van der Waals surface area contributed by atoms with Gasteiger partial charge in [0, 0.05) is 5.56 Å². The van der Waals surface area contributed by atoms with Crippen molar-refractivity contribution in [2.45, 2.75) is 0 Å². The normalized spacial score (nSPS) is 10.1. The van der Waals surface area contributed by atoms with Crippen molar-refractivity contribution >= 4 is 23.9 Å². The average molecular weight is 184 g/mol. The summed E-state index contributed by atoms with van der Waals surface area (Å²) in [5, 5.41) is 3.14. The lowest BCUT2D eigenvalue weighted by Gasteiger charge is -1.91. The van der Waals surface area contributed by atoms with Gasteiger partial charge in [-0.2, -0.15) is 0 Å². The number of hydrogen-bond acceptors (Lipinski definition) is 3. The van der Waals surface area contributed by atoms with Gasteiger partial charge in [-0.25, -0.2) is 0 Å². The molecule has 1 aromatic rings. The minimum atomic E-state index is -0.240. The van der Waals surface area contributed by atoms with E-state index in [1.165, 1.54) is 0 Å². The number of Topliss-reactive ketones (excluding diaryl/α,β-unsaturated/α-hetero) is 1. The lowest BCUT2D eigenvalue weighted by atomic mass is 10.1. The first kappa shape index (κ1) is 8.74. The number of hydrogen-bond donors (Lipinski definition) is 0. The van der Waals surface area contributed by atoms with Crippen molar-refractivity contribution in [3.8, 4) is 0 Å². The van der Waals surface area contributed by atoms with Gasteiger partial charge in [0.1, 0.15) is 6.21 Å². The minimum absolute atomic E-state index is 0.240. The molecular weight excluding hydrogens is 178 g/mol. The number of nitrogens with zero attached hydrogens (tertiary/aromatic N) is 1. The maximum Gasteiger partial charge on any atom is 0.207 e. The van der Waals surface area contributed by atoms with E-state index < -0.39 is 0 Å². The Morgan fingerprint density at radius 2 is 2.08 bits per heavy atom. The van der Waals surface area contributed by atoms with Crippen molar-refractivity contribution in [1.82, 2.24) is 0 Å². The fourth-order valence-corrected chi connectivity index (χ4v) is 0.785. The molecule has 3 nitrogen and oxygen atoms in total. The Morgan fingerprint density at radius 1 is 1.42 bits per heavy atom. The van der Waals surface area contributed by atoms with E-state index in [1.54, 1.807) is 24.3 Å². The van der Waals surface area contributed by atoms with E-state index in [9.17, 15) is 4.79 Å². The molecule has 0 amide bonds. The maximum absolute atomic E-state index is 11.1. The first-order valence-corrected chi connectivity index (χ1v) is 3.56. The van der Waals surface area contributed by atoms with Crippen LogP contribution in [0.15, 0.2) is 35.5 Å². The third-order valence-corrected chi connectivity index (χ3v) is 1.35. The van der Waals surface area contributed by atoms with Gasteiger partial charge in [-0.1, -0.05) is 35.5 Å². The van der Waals surface area contributed by atoms with Crippen molar-refractivity contribution in [3.63, 3.8) is 0 Å². The van der Waals surface area contributed by atoms with Gasteiger partial charge in [0.15, 0.2) is 11.9 Å². The van der Waals surface area contributed by atoms with E-state index in [0.29, 0.717) is 5.56 Å². The number of carbonyl (C=O) groups excluding carboxylic acids is 1. The van der Waals surface area contributed by atoms with Gasteiger partial charge in [0.25, 0.3) is 0 Å². The molecule has 12 heavy (non-hydrogen) atoms. The van der Waals surface area contributed by atoms with Gasteiger partial charge in [-0.15, -0.1) is 0 Å². The number of benzene rings is 1. The summed E-state index contributed by atoms with van der Waals surface area (Å²) in [6.45, 7) is 0. The summed E-state index contributed by atoms with van der Waals surface area (Å²) < 4.78 is 3.85. The topological polar surface area (TPSA) is 38.7 Å². The standard InChI is InChI=1S/C8H6ClNO2/c9-12-10-6-8(11)7-4-2-1-3-5-7/h1-6H/b10-6+. The molecule has 0 fully saturated rings. The summed E-state index contributed by atoms with van der Waals surface area (Å²) in [7, 11) is 0. The average Bonchev–Trinajstić information content (AvgIpc) is 2.15. The fourth-order valence-electron chi connectivity index (χ4n) is 0.745. The van der Waals surface area contributed by atoms with Gasteiger partial charge in [0.2, 0.25) is 5.78 Å². The Bertz CT molecular complexity index is 284. The lowest BCUT2D eigenvalue weighted by Crippen LogP contribution is -1.99. The van der Waals surface area contributed by atoms with Crippen LogP contribution in [0, 0.1) is 0 Å². The largest absolute Gasteiger partial charge is 0.287 e. The second-order valence-corrected chi connectivity index (χ2v) is 2.17. The number of rotatable bonds is 3. The van der Waals surface area contributed by atoms with E-state index in [0.717, 1.165) is 6.21 Å². The van der Waals surface area contributed by atoms with Crippen molar-refractivity contribution in [2.75, 3.05) is 0 Å². The highest BCUT2D eigenvalue weighted by Gasteiger charge is 1.99. The molecule has 0 N–H and O–H groups in total. The SMILES string of the molecule is O=C(/C=N/OCl)c1ccccc1. The van der Waals surface area contributed by atoms with E-state index in [2.05, 4.69) is 9.55 Å². The molecule has 0 saturated heterocycles. The molecule has 0 aromatic heterocycles. The highest BCUT2D eigenvalue weighted by molar-refractivity contribution is 6.35. The molecule has 0 saturated carbocycles. The van der Waals surface area contributed by atoms with Gasteiger partial charge in [-0.3, -0.25) is 9.18 Å². The van der Waals surface area contributed by atoms with E-state index in [4.69, 9.17) is 11.9 Å². The van der Waals surface area contributed by atoms with Crippen LogP contribution in [-0.2, 0) is 4.39 Å². The first-order valence-electron chi connectivity index (χ1n) is 3.25. The first-order chi connectivity index (χ1) is 5.84. The second kappa shape index (κ2) is 4.51. The van der Waals surface area contributed by atoms with E-state index >= 15 is 0 Å². The van der Waals surface area contributed by atoms with Crippen LogP contribution in [0.3, 0.4) is 0 Å². The molecule has 0 heterocycles. The zero-order valence-electron chi connectivity index (χ0n) is 6.11. The fraction of sp³-hybridized carbons (Fsp3) is 0. The number of carbonyl (C=O) groups is 1. The summed E-state index contributed by atoms with van der Waals surface area (Å²) in [5.41, 5.74) is 0.551. The highest BCUT2D eigenvalue weighted by Crippen LogP contribution is 1.98. The van der Waals surface area contributed by atoms with Crippen LogP contribution in [0.4, 0.5) is 0 Å². The van der Waals surface area contributed by atoms with Crippen LogP contribution in [0.5, 0.6) is 0 Å². The Kier molecular flexibility index (Phi) is 3.29. The number of oxime groups is 1. The molecule has 0 aliphatic carbocycles. The molecular formula is C8H6ClNO2. The molecule has 0 radical (unpaired) electrons. The van der Waals surface area contributed by atoms with Gasteiger partial charge in [-0.05, 0) is 0 Å². The Hall–Kier alpha value is -1.35. The van der Waals surface area contributed by atoms with Crippen molar-refractivity contribution in [1.29, 1.82) is 0 Å². The molecule has 1 rings (SSSR count). The molecule has 0 spiro atoms. The van der Waals surface area contributed by atoms with Crippen molar-refractivity contribution < 1.29 is 9.18 Å². The number of halogens is 1. The smallest absolute Gasteiger partial charge is 0.207 e. The Balaban J connectivity index is 2.72. The molecule has 0 bridgehead atoms. The monoisotopic (exact) mass is 183 g/mol. The lowest BCUT2D eigenvalue weighted by molar-refractivity contribution is 0.106. The van der Waals surface area contributed by atoms with Crippen molar-refractivity contribution in [3.05, 3.63) is 35.9 Å². The van der Waals surface area contributed by atoms with Crippen LogP contribution < -0.4 is 0 Å². The van der Waals surface area contributed by atoms with Gasteiger partial charge < -0.3 is 0 Å². The Labute approximate surface area is 74.8 Å². The van der Waals surface area contributed by atoms with Crippen LogP contribution in [0.25, 0.3) is 0 Å². The molecule has 4 heteroatoms. The number of ketones is 1. The Morgan fingerprint density at radius 3 is 2.67 bits per heavy atom. The molecule has 62 valence electrons. The third-order valence-electron chi connectivity index (χ3n) is 1.27. The zero-order chi connectivity index (χ0) is 8.81. The zero-order valence-corrected chi connectivity index (χ0v) is 6.86. The quantitative estimate of drug-likeness (QED) is 0.409. The second-order valence-electron chi connectivity index (χ2n) is 2.03. The summed E-state index contributed by atoms with van der Waals surface area (Å²) in [5.74, 6) is -0.240. The van der Waals surface area contributed by atoms with Crippen molar-refractivity contribution in [2.24, 2.45) is 5.16 Å². The predicted molar refractivity (Wildman–Crippen MR) is 46.2 cm³/mol. The molecule has 1 aromatic carbocycles. The summed E-state index contributed by atoms with van der Waals surface area (Å²) >= 11 is 4.78. The van der Waals surface area contributed by atoms with Gasteiger partial charge in [0.05, 0.1) is 0 Å². The van der Waals surface area contributed by atoms with Crippen LogP contribution >= 0.6 is 11.9 Å². The minimum Gasteiger partial charge on any atom is -0.287 e. The summed E-state index contributed by atoms with van der Waals surface area (Å²) in [6, 6.07) is 8.72. The molecule has 0 unspecified atom stereocenters.